The Labute approximate surface area is 126 Å². The van der Waals surface area contributed by atoms with Crippen LogP contribution in [0.5, 0.6) is 0 Å². The van der Waals surface area contributed by atoms with Crippen molar-refractivity contribution in [3.8, 4) is 0 Å². The summed E-state index contributed by atoms with van der Waals surface area (Å²) in [7, 11) is 0. The summed E-state index contributed by atoms with van der Waals surface area (Å²) in [6.07, 6.45) is 3.59. The molecule has 5 nitrogen and oxygen atoms in total. The average Bonchev–Trinajstić information content (AvgIpc) is 2.70. The molecule has 6 heteroatoms. The number of carbonyl (C=O) groups excluding carboxylic acids is 1. The monoisotopic (exact) mass is 301 g/mol. The molecule has 114 valence electrons. The molecule has 0 spiro atoms. The van der Waals surface area contributed by atoms with Crippen molar-refractivity contribution in [1.29, 1.82) is 0 Å². The van der Waals surface area contributed by atoms with Crippen molar-refractivity contribution in [3.05, 3.63) is 17.0 Å². The van der Waals surface area contributed by atoms with Crippen LogP contribution in [0.25, 0.3) is 0 Å². The van der Waals surface area contributed by atoms with Crippen molar-refractivity contribution in [3.63, 3.8) is 0 Å². The molecule has 2 unspecified atom stereocenters. The van der Waals surface area contributed by atoms with E-state index in [0.717, 1.165) is 42.8 Å². The number of likely N-dealkylation sites (tertiary alicyclic amines) is 1. The van der Waals surface area contributed by atoms with Crippen LogP contribution in [-0.4, -0.2) is 34.6 Å². The lowest BCUT2D eigenvalue weighted by Gasteiger charge is -2.38. The Balaban J connectivity index is 0.00000200. The van der Waals surface area contributed by atoms with E-state index >= 15 is 0 Å². The first kappa shape index (κ1) is 17.0. The summed E-state index contributed by atoms with van der Waals surface area (Å²) in [5.74, 6) is 0.872. The topological polar surface area (TPSA) is 72.4 Å². The molecule has 1 amide bonds. The van der Waals surface area contributed by atoms with E-state index in [1.54, 1.807) is 0 Å². The van der Waals surface area contributed by atoms with Crippen LogP contribution in [0.2, 0.25) is 0 Å². The highest BCUT2D eigenvalue weighted by atomic mass is 35.5. The summed E-state index contributed by atoms with van der Waals surface area (Å²) >= 11 is 0. The zero-order valence-electron chi connectivity index (χ0n) is 12.4. The standard InChI is InChI=1S/C14H23N3O2.ClH/c1-9(15)13-6-4-5-7-17(13)14(18)8-12-10(2)16-19-11(12)3;/h9,13H,4-8,15H2,1-3H3;1H. The van der Waals surface area contributed by atoms with Gasteiger partial charge in [-0.2, -0.15) is 0 Å². The van der Waals surface area contributed by atoms with Crippen LogP contribution in [0.1, 0.15) is 43.2 Å². The smallest absolute Gasteiger partial charge is 0.227 e. The molecule has 1 saturated heterocycles. The van der Waals surface area contributed by atoms with Gasteiger partial charge in [-0.25, -0.2) is 0 Å². The molecule has 1 aromatic rings. The van der Waals surface area contributed by atoms with Gasteiger partial charge in [-0.3, -0.25) is 4.79 Å². The van der Waals surface area contributed by atoms with Gasteiger partial charge in [0.25, 0.3) is 0 Å². The number of aromatic nitrogens is 1. The van der Waals surface area contributed by atoms with E-state index in [-0.39, 0.29) is 30.4 Å². The van der Waals surface area contributed by atoms with E-state index in [4.69, 9.17) is 10.3 Å². The zero-order chi connectivity index (χ0) is 14.0. The molecule has 2 heterocycles. The SMILES string of the molecule is Cc1noc(C)c1CC(=O)N1CCCCC1C(C)N.Cl. The number of hydrogen-bond acceptors (Lipinski definition) is 4. The summed E-state index contributed by atoms with van der Waals surface area (Å²) in [5, 5.41) is 3.90. The normalized spacial score (nSPS) is 20.4. The van der Waals surface area contributed by atoms with Gasteiger partial charge in [0.05, 0.1) is 12.1 Å². The number of halogens is 1. The Morgan fingerprint density at radius 2 is 2.20 bits per heavy atom. The quantitative estimate of drug-likeness (QED) is 0.926. The first-order valence-electron chi connectivity index (χ1n) is 6.97. The molecule has 1 fully saturated rings. The van der Waals surface area contributed by atoms with Crippen molar-refractivity contribution in [2.75, 3.05) is 6.54 Å². The molecular weight excluding hydrogens is 278 g/mol. The number of aryl methyl sites for hydroxylation is 2. The molecule has 0 aliphatic carbocycles. The summed E-state index contributed by atoms with van der Waals surface area (Å²) in [6, 6.07) is 0.190. The maximum absolute atomic E-state index is 12.5. The first-order valence-corrected chi connectivity index (χ1v) is 6.97. The third-order valence-electron chi connectivity index (χ3n) is 3.99. The van der Waals surface area contributed by atoms with Crippen LogP contribution in [0.3, 0.4) is 0 Å². The Morgan fingerprint density at radius 1 is 1.50 bits per heavy atom. The number of piperidine rings is 1. The predicted octanol–water partition coefficient (Wildman–Crippen LogP) is 1.98. The first-order chi connectivity index (χ1) is 9.00. The Morgan fingerprint density at radius 3 is 2.75 bits per heavy atom. The molecule has 1 aliphatic heterocycles. The van der Waals surface area contributed by atoms with E-state index in [1.165, 1.54) is 0 Å². The van der Waals surface area contributed by atoms with Crippen molar-refractivity contribution in [2.45, 2.75) is 58.5 Å². The fourth-order valence-corrected chi connectivity index (χ4v) is 2.82. The molecule has 20 heavy (non-hydrogen) atoms. The minimum Gasteiger partial charge on any atom is -0.361 e. The zero-order valence-corrected chi connectivity index (χ0v) is 13.2. The number of amides is 1. The molecule has 1 aliphatic rings. The lowest BCUT2D eigenvalue weighted by atomic mass is 9.96. The Hall–Kier alpha value is -1.07. The van der Waals surface area contributed by atoms with Crippen molar-refractivity contribution < 1.29 is 9.32 Å². The van der Waals surface area contributed by atoms with Crippen LogP contribution in [0.4, 0.5) is 0 Å². The van der Waals surface area contributed by atoms with E-state index in [0.29, 0.717) is 6.42 Å². The van der Waals surface area contributed by atoms with Crippen LogP contribution in [0.15, 0.2) is 4.52 Å². The van der Waals surface area contributed by atoms with Gasteiger partial charge in [0.15, 0.2) is 0 Å². The largest absolute Gasteiger partial charge is 0.361 e. The highest BCUT2D eigenvalue weighted by Gasteiger charge is 2.29. The predicted molar refractivity (Wildman–Crippen MR) is 79.9 cm³/mol. The van der Waals surface area contributed by atoms with Crippen LogP contribution in [-0.2, 0) is 11.2 Å². The Kier molecular flexibility index (Phi) is 6.02. The van der Waals surface area contributed by atoms with E-state index in [2.05, 4.69) is 5.16 Å². The Bertz CT molecular complexity index is 440. The maximum Gasteiger partial charge on any atom is 0.227 e. The van der Waals surface area contributed by atoms with Gasteiger partial charge in [-0.1, -0.05) is 5.16 Å². The molecule has 0 radical (unpaired) electrons. The molecule has 2 atom stereocenters. The molecule has 0 bridgehead atoms. The lowest BCUT2D eigenvalue weighted by molar-refractivity contribution is -0.134. The van der Waals surface area contributed by atoms with Gasteiger partial charge in [-0.15, -0.1) is 12.4 Å². The van der Waals surface area contributed by atoms with Crippen LogP contribution in [0, 0.1) is 13.8 Å². The average molecular weight is 302 g/mol. The number of nitrogens with zero attached hydrogens (tertiary/aromatic N) is 2. The number of carbonyl (C=O) groups is 1. The van der Waals surface area contributed by atoms with Gasteiger partial charge in [0, 0.05) is 24.2 Å². The second-order valence-electron chi connectivity index (χ2n) is 5.49. The van der Waals surface area contributed by atoms with Crippen molar-refractivity contribution in [1.82, 2.24) is 10.1 Å². The number of nitrogens with two attached hydrogens (primary N) is 1. The lowest BCUT2D eigenvalue weighted by Crippen LogP contribution is -2.52. The number of hydrogen-bond donors (Lipinski definition) is 1. The minimum absolute atomic E-state index is 0. The molecular formula is C14H24ClN3O2. The summed E-state index contributed by atoms with van der Waals surface area (Å²) in [6.45, 7) is 6.51. The molecule has 0 saturated carbocycles. The van der Waals surface area contributed by atoms with Gasteiger partial charge < -0.3 is 15.2 Å². The molecule has 2 N–H and O–H groups in total. The van der Waals surface area contributed by atoms with E-state index in [9.17, 15) is 4.79 Å². The third kappa shape index (κ3) is 3.52. The van der Waals surface area contributed by atoms with Gasteiger partial charge in [-0.05, 0) is 40.0 Å². The van der Waals surface area contributed by atoms with Crippen LogP contribution >= 0.6 is 12.4 Å². The summed E-state index contributed by atoms with van der Waals surface area (Å²) in [4.78, 5) is 14.4. The van der Waals surface area contributed by atoms with Crippen molar-refractivity contribution in [2.24, 2.45) is 5.73 Å². The van der Waals surface area contributed by atoms with Crippen LogP contribution < -0.4 is 5.73 Å². The second-order valence-corrected chi connectivity index (χ2v) is 5.49. The maximum atomic E-state index is 12.5. The highest BCUT2D eigenvalue weighted by molar-refractivity contribution is 5.85. The van der Waals surface area contributed by atoms with Gasteiger partial charge in [0.2, 0.25) is 5.91 Å². The van der Waals surface area contributed by atoms with Crippen molar-refractivity contribution >= 4 is 18.3 Å². The fourth-order valence-electron chi connectivity index (χ4n) is 2.82. The number of rotatable bonds is 3. The molecule has 2 rings (SSSR count). The van der Waals surface area contributed by atoms with E-state index < -0.39 is 0 Å². The molecule has 1 aromatic heterocycles. The van der Waals surface area contributed by atoms with E-state index in [1.807, 2.05) is 25.7 Å². The minimum atomic E-state index is 0. The summed E-state index contributed by atoms with van der Waals surface area (Å²) in [5.41, 5.74) is 7.73. The second kappa shape index (κ2) is 7.09. The summed E-state index contributed by atoms with van der Waals surface area (Å²) < 4.78 is 5.11. The fraction of sp³-hybridized carbons (Fsp3) is 0.714. The highest BCUT2D eigenvalue weighted by Crippen LogP contribution is 2.21. The molecule has 0 aromatic carbocycles. The van der Waals surface area contributed by atoms with Gasteiger partial charge in [0.1, 0.15) is 5.76 Å². The van der Waals surface area contributed by atoms with Gasteiger partial charge >= 0.3 is 0 Å². The third-order valence-corrected chi connectivity index (χ3v) is 3.99.